The second kappa shape index (κ2) is 7.87. The molecule has 0 radical (unpaired) electrons. The molecule has 5 nitrogen and oxygen atoms in total. The molecule has 3 aromatic carbocycles. The lowest BCUT2D eigenvalue weighted by atomic mass is 9.83. The van der Waals surface area contributed by atoms with Crippen LogP contribution in [-0.2, 0) is 14.9 Å². The summed E-state index contributed by atoms with van der Waals surface area (Å²) in [6.07, 6.45) is 0. The molecule has 0 aliphatic carbocycles. The summed E-state index contributed by atoms with van der Waals surface area (Å²) in [5.41, 5.74) is -0.209. The highest BCUT2D eigenvalue weighted by atomic mass is 35.5. The summed E-state index contributed by atoms with van der Waals surface area (Å²) in [6.45, 7) is 0. The average Bonchev–Trinajstić information content (AvgIpc) is 2.63. The van der Waals surface area contributed by atoms with Crippen molar-refractivity contribution in [1.82, 2.24) is 0 Å². The van der Waals surface area contributed by atoms with Gasteiger partial charge >= 0.3 is 0 Å². The van der Waals surface area contributed by atoms with Gasteiger partial charge in [-0.1, -0.05) is 70.7 Å². The molecule has 29 heavy (non-hydrogen) atoms. The predicted molar refractivity (Wildman–Crippen MR) is 114 cm³/mol. The van der Waals surface area contributed by atoms with Crippen molar-refractivity contribution in [3.05, 3.63) is 91.4 Å². The standard InChI is InChI=1S/C19H12Cl4O5S/c20-13-4-2-1-3-12(13)19(29(26,27)28,10-5-6-14(21)15(22)7-10)11-8-16(23)18(25)17(24)9-11/h1-9,24-25H,(H,26,27,28). The van der Waals surface area contributed by atoms with Crippen LogP contribution in [0.3, 0.4) is 0 Å². The molecular weight excluding hydrogens is 482 g/mol. The first-order valence-corrected chi connectivity index (χ1v) is 10.8. The highest BCUT2D eigenvalue weighted by molar-refractivity contribution is 7.87. The number of rotatable bonds is 4. The summed E-state index contributed by atoms with van der Waals surface area (Å²) in [5.74, 6) is -1.33. The Bertz CT molecular complexity index is 1190. The molecule has 0 aliphatic rings. The highest BCUT2D eigenvalue weighted by Crippen LogP contribution is 2.50. The molecular formula is C19H12Cl4O5S. The Morgan fingerprint density at radius 2 is 1.34 bits per heavy atom. The third-order valence-corrected chi connectivity index (χ3v) is 7.24. The Labute approximate surface area is 186 Å². The van der Waals surface area contributed by atoms with Gasteiger partial charge in [0.2, 0.25) is 0 Å². The lowest BCUT2D eigenvalue weighted by Gasteiger charge is -2.33. The molecule has 3 aromatic rings. The lowest BCUT2D eigenvalue weighted by molar-refractivity contribution is 0.402. The lowest BCUT2D eigenvalue weighted by Crippen LogP contribution is -2.38. The van der Waals surface area contributed by atoms with Crippen LogP contribution in [0, 0.1) is 0 Å². The summed E-state index contributed by atoms with van der Waals surface area (Å²) in [7, 11) is -5.02. The zero-order valence-electron chi connectivity index (χ0n) is 14.3. The van der Waals surface area contributed by atoms with Crippen molar-refractivity contribution in [3.8, 4) is 11.5 Å². The third kappa shape index (κ3) is 3.65. The first-order chi connectivity index (χ1) is 13.5. The van der Waals surface area contributed by atoms with Gasteiger partial charge in [0.05, 0.1) is 15.1 Å². The zero-order valence-corrected chi connectivity index (χ0v) is 18.1. The molecule has 10 heteroatoms. The average molecular weight is 494 g/mol. The molecule has 152 valence electrons. The van der Waals surface area contributed by atoms with Crippen LogP contribution in [0.25, 0.3) is 0 Å². The highest BCUT2D eigenvalue weighted by Gasteiger charge is 2.50. The molecule has 1 unspecified atom stereocenters. The molecule has 0 saturated carbocycles. The molecule has 0 heterocycles. The quantitative estimate of drug-likeness (QED) is 0.239. The van der Waals surface area contributed by atoms with Gasteiger partial charge in [0.15, 0.2) is 16.2 Å². The molecule has 3 rings (SSSR count). The van der Waals surface area contributed by atoms with Gasteiger partial charge in [-0.25, -0.2) is 0 Å². The van der Waals surface area contributed by atoms with Gasteiger partial charge in [0, 0.05) is 10.6 Å². The van der Waals surface area contributed by atoms with Crippen LogP contribution in [0.1, 0.15) is 16.7 Å². The third-order valence-electron chi connectivity index (χ3n) is 4.42. The van der Waals surface area contributed by atoms with Crippen molar-refractivity contribution >= 4 is 56.5 Å². The maximum atomic E-state index is 12.9. The maximum absolute atomic E-state index is 12.9. The van der Waals surface area contributed by atoms with Crippen molar-refractivity contribution in [2.75, 3.05) is 0 Å². The van der Waals surface area contributed by atoms with Crippen LogP contribution < -0.4 is 0 Å². The fourth-order valence-corrected chi connectivity index (χ4v) is 5.31. The van der Waals surface area contributed by atoms with Crippen LogP contribution in [0.15, 0.2) is 54.6 Å². The van der Waals surface area contributed by atoms with E-state index in [0.29, 0.717) is 0 Å². The topological polar surface area (TPSA) is 94.8 Å². The number of hydrogen-bond acceptors (Lipinski definition) is 4. The summed E-state index contributed by atoms with van der Waals surface area (Å²) in [5, 5.41) is 19.8. The molecule has 0 spiro atoms. The van der Waals surface area contributed by atoms with E-state index in [0.717, 1.165) is 12.1 Å². The summed E-state index contributed by atoms with van der Waals surface area (Å²) < 4.78 is 34.0. The second-order valence-electron chi connectivity index (χ2n) is 6.09. The van der Waals surface area contributed by atoms with Crippen molar-refractivity contribution in [1.29, 1.82) is 0 Å². The zero-order chi connectivity index (χ0) is 21.6. The minimum Gasteiger partial charge on any atom is -0.504 e. The van der Waals surface area contributed by atoms with E-state index in [4.69, 9.17) is 46.4 Å². The van der Waals surface area contributed by atoms with Gasteiger partial charge in [0.25, 0.3) is 10.1 Å². The van der Waals surface area contributed by atoms with Gasteiger partial charge in [-0.05, 0) is 41.5 Å². The Hall–Kier alpha value is -1.67. The van der Waals surface area contributed by atoms with E-state index in [1.165, 1.54) is 36.4 Å². The number of aromatic hydroxyl groups is 2. The van der Waals surface area contributed by atoms with Gasteiger partial charge in [-0.15, -0.1) is 0 Å². The van der Waals surface area contributed by atoms with Gasteiger partial charge in [0.1, 0.15) is 0 Å². The normalized spacial score (nSPS) is 13.8. The van der Waals surface area contributed by atoms with E-state index in [-0.39, 0.29) is 36.8 Å². The summed E-state index contributed by atoms with van der Waals surface area (Å²) in [4.78, 5) is 0. The van der Waals surface area contributed by atoms with Crippen LogP contribution in [0.4, 0.5) is 0 Å². The van der Waals surface area contributed by atoms with Crippen molar-refractivity contribution in [3.63, 3.8) is 0 Å². The number of benzene rings is 3. The summed E-state index contributed by atoms with van der Waals surface area (Å²) >= 11 is 24.4. The van der Waals surface area contributed by atoms with Crippen molar-refractivity contribution < 1.29 is 23.2 Å². The summed E-state index contributed by atoms with van der Waals surface area (Å²) in [6, 6.07) is 12.0. The van der Waals surface area contributed by atoms with Gasteiger partial charge in [-0.3, -0.25) is 4.55 Å². The first kappa shape index (κ1) is 22.0. The van der Waals surface area contributed by atoms with Crippen LogP contribution in [-0.4, -0.2) is 23.2 Å². The smallest absolute Gasteiger partial charge is 0.283 e. The molecule has 0 aromatic heterocycles. The predicted octanol–water partition coefficient (Wildman–Crippen LogP) is 5.89. The first-order valence-electron chi connectivity index (χ1n) is 7.89. The molecule has 1 atom stereocenters. The Morgan fingerprint density at radius 1 is 0.724 bits per heavy atom. The molecule has 0 bridgehead atoms. The number of phenols is 2. The number of phenolic OH excluding ortho intramolecular Hbond substituents is 2. The van der Waals surface area contributed by atoms with E-state index >= 15 is 0 Å². The fourth-order valence-electron chi connectivity index (χ4n) is 3.16. The minimum absolute atomic E-state index is 0.0105. The second-order valence-corrected chi connectivity index (χ2v) is 9.28. The molecule has 0 fully saturated rings. The van der Waals surface area contributed by atoms with E-state index in [9.17, 15) is 23.2 Å². The molecule has 0 saturated heterocycles. The van der Waals surface area contributed by atoms with E-state index < -0.39 is 26.4 Å². The van der Waals surface area contributed by atoms with Crippen LogP contribution >= 0.6 is 46.4 Å². The Kier molecular flexibility index (Phi) is 5.98. The molecule has 0 amide bonds. The van der Waals surface area contributed by atoms with Gasteiger partial charge in [-0.2, -0.15) is 8.42 Å². The fraction of sp³-hybridized carbons (Fsp3) is 0.0526. The Morgan fingerprint density at radius 3 is 1.90 bits per heavy atom. The van der Waals surface area contributed by atoms with Crippen LogP contribution in [0.5, 0.6) is 11.5 Å². The van der Waals surface area contributed by atoms with Gasteiger partial charge < -0.3 is 10.2 Å². The van der Waals surface area contributed by atoms with E-state index in [1.54, 1.807) is 6.07 Å². The van der Waals surface area contributed by atoms with Crippen LogP contribution in [0.2, 0.25) is 20.1 Å². The monoisotopic (exact) mass is 492 g/mol. The number of hydrogen-bond donors (Lipinski definition) is 3. The molecule has 3 N–H and O–H groups in total. The van der Waals surface area contributed by atoms with E-state index in [1.807, 2.05) is 0 Å². The SMILES string of the molecule is O=S(=O)(O)C(c1ccc(Cl)c(Cl)c1)(c1cc(O)c(O)c(Cl)c1)c1ccccc1Cl. The van der Waals surface area contributed by atoms with Crippen molar-refractivity contribution in [2.24, 2.45) is 0 Å². The Balaban J connectivity index is 2.58. The largest absolute Gasteiger partial charge is 0.504 e. The minimum atomic E-state index is -5.02. The number of halogens is 4. The van der Waals surface area contributed by atoms with E-state index in [2.05, 4.69) is 0 Å². The maximum Gasteiger partial charge on any atom is 0.283 e. The molecule has 0 aliphatic heterocycles. The van der Waals surface area contributed by atoms with Crippen molar-refractivity contribution in [2.45, 2.75) is 4.75 Å².